The van der Waals surface area contributed by atoms with Gasteiger partial charge in [0, 0.05) is 19.5 Å². The van der Waals surface area contributed by atoms with Crippen LogP contribution in [0.4, 0.5) is 4.79 Å². The van der Waals surface area contributed by atoms with Crippen molar-refractivity contribution in [1.29, 1.82) is 5.26 Å². The lowest BCUT2D eigenvalue weighted by Crippen LogP contribution is -2.57. The summed E-state index contributed by atoms with van der Waals surface area (Å²) in [5.41, 5.74) is -0.284. The zero-order valence-electron chi connectivity index (χ0n) is 18.5. The van der Waals surface area contributed by atoms with Crippen molar-refractivity contribution in [1.82, 2.24) is 15.5 Å². The first-order valence-electron chi connectivity index (χ1n) is 10.8. The van der Waals surface area contributed by atoms with Gasteiger partial charge in [-0.05, 0) is 37.7 Å². The summed E-state index contributed by atoms with van der Waals surface area (Å²) in [6.45, 7) is 6.56. The molecule has 1 heterocycles. The predicted molar refractivity (Wildman–Crippen MR) is 116 cm³/mol. The molecular weight excluding hydrogens is 396 g/mol. The first-order valence-corrected chi connectivity index (χ1v) is 10.8. The van der Waals surface area contributed by atoms with Crippen LogP contribution in [0.2, 0.25) is 0 Å². The summed E-state index contributed by atoms with van der Waals surface area (Å²) in [5, 5.41) is 15.3. The van der Waals surface area contributed by atoms with E-state index in [2.05, 4.69) is 16.7 Å². The summed E-state index contributed by atoms with van der Waals surface area (Å²) in [7, 11) is 0. The third-order valence-corrected chi connectivity index (χ3v) is 5.27. The summed E-state index contributed by atoms with van der Waals surface area (Å²) in [4.78, 5) is 39.1. The van der Waals surface area contributed by atoms with Gasteiger partial charge in [0.2, 0.25) is 5.91 Å². The van der Waals surface area contributed by atoms with Crippen LogP contribution < -0.4 is 10.6 Å². The number of carbonyl (C=O) groups is 3. The Morgan fingerprint density at radius 2 is 2.00 bits per heavy atom. The SMILES string of the molecule is CCN1CC(C#N)(NC(=O)C(CC(C)C)OC(=O)NCc2ccccc2)CCCC1=O. The number of amides is 3. The Hall–Kier alpha value is -3.08. The molecule has 168 valence electrons. The maximum atomic E-state index is 13.0. The Labute approximate surface area is 183 Å². The number of hydrogen-bond acceptors (Lipinski definition) is 5. The molecule has 2 rings (SSSR count). The number of rotatable bonds is 8. The van der Waals surface area contributed by atoms with Gasteiger partial charge in [-0.25, -0.2) is 4.79 Å². The van der Waals surface area contributed by atoms with Crippen LogP contribution in [0.25, 0.3) is 0 Å². The zero-order chi connectivity index (χ0) is 22.9. The highest BCUT2D eigenvalue weighted by Crippen LogP contribution is 2.22. The van der Waals surface area contributed by atoms with Crippen LogP contribution in [0.5, 0.6) is 0 Å². The van der Waals surface area contributed by atoms with Gasteiger partial charge in [-0.1, -0.05) is 44.2 Å². The van der Waals surface area contributed by atoms with Crippen molar-refractivity contribution < 1.29 is 19.1 Å². The second kappa shape index (κ2) is 11.3. The number of ether oxygens (including phenoxy) is 1. The summed E-state index contributed by atoms with van der Waals surface area (Å²) in [6, 6.07) is 11.6. The third-order valence-electron chi connectivity index (χ3n) is 5.27. The van der Waals surface area contributed by atoms with E-state index in [1.165, 1.54) is 0 Å². The Balaban J connectivity index is 2.06. The molecule has 8 heteroatoms. The van der Waals surface area contributed by atoms with E-state index in [0.717, 1.165) is 5.56 Å². The molecule has 3 amide bonds. The number of nitriles is 1. The molecule has 31 heavy (non-hydrogen) atoms. The molecular formula is C23H32N4O4. The van der Waals surface area contributed by atoms with Gasteiger partial charge in [-0.3, -0.25) is 9.59 Å². The average Bonchev–Trinajstić information content (AvgIpc) is 2.91. The van der Waals surface area contributed by atoms with Crippen molar-refractivity contribution in [2.75, 3.05) is 13.1 Å². The number of nitrogens with zero attached hydrogens (tertiary/aromatic N) is 2. The fraction of sp³-hybridized carbons (Fsp3) is 0.565. The molecule has 0 saturated carbocycles. The van der Waals surface area contributed by atoms with E-state index in [1.807, 2.05) is 51.1 Å². The molecule has 1 fully saturated rings. The molecule has 1 saturated heterocycles. The highest BCUT2D eigenvalue weighted by molar-refractivity contribution is 5.85. The number of hydrogen-bond donors (Lipinski definition) is 2. The summed E-state index contributed by atoms with van der Waals surface area (Å²) in [6.07, 6.45) is -0.177. The topological polar surface area (TPSA) is 112 Å². The molecule has 0 bridgehead atoms. The van der Waals surface area contributed by atoms with Crippen molar-refractivity contribution in [2.45, 2.75) is 64.6 Å². The minimum Gasteiger partial charge on any atom is -0.436 e. The minimum absolute atomic E-state index is 0.0239. The smallest absolute Gasteiger partial charge is 0.408 e. The number of carbonyl (C=O) groups excluding carboxylic acids is 3. The molecule has 1 aliphatic rings. The van der Waals surface area contributed by atoms with Gasteiger partial charge in [0.1, 0.15) is 5.54 Å². The molecule has 0 aliphatic carbocycles. The van der Waals surface area contributed by atoms with E-state index < -0.39 is 23.6 Å². The molecule has 1 aliphatic heterocycles. The lowest BCUT2D eigenvalue weighted by molar-refractivity contribution is -0.134. The second-order valence-electron chi connectivity index (χ2n) is 8.31. The molecule has 2 N–H and O–H groups in total. The maximum absolute atomic E-state index is 13.0. The van der Waals surface area contributed by atoms with Gasteiger partial charge >= 0.3 is 6.09 Å². The Kier molecular flexibility index (Phi) is 8.86. The van der Waals surface area contributed by atoms with Crippen LogP contribution in [-0.4, -0.2) is 47.5 Å². The molecule has 0 radical (unpaired) electrons. The molecule has 2 atom stereocenters. The van der Waals surface area contributed by atoms with E-state index >= 15 is 0 Å². The molecule has 0 spiro atoms. The molecule has 0 aromatic heterocycles. The van der Waals surface area contributed by atoms with Crippen LogP contribution in [0.1, 0.15) is 52.0 Å². The monoisotopic (exact) mass is 428 g/mol. The highest BCUT2D eigenvalue weighted by atomic mass is 16.6. The van der Waals surface area contributed by atoms with Crippen molar-refractivity contribution in [2.24, 2.45) is 5.92 Å². The normalized spacial score (nSPS) is 19.8. The standard InChI is InChI=1S/C23H32N4O4/c1-4-27-16-23(15-24,12-8-11-20(27)28)26-21(29)19(13-17(2)3)31-22(30)25-14-18-9-6-5-7-10-18/h5-7,9-10,17,19H,4,8,11-14,16H2,1-3H3,(H,25,30)(H,26,29). The van der Waals surface area contributed by atoms with Gasteiger partial charge in [-0.15, -0.1) is 0 Å². The second-order valence-corrected chi connectivity index (χ2v) is 8.31. The van der Waals surface area contributed by atoms with E-state index in [0.29, 0.717) is 32.2 Å². The van der Waals surface area contributed by atoms with E-state index in [4.69, 9.17) is 4.74 Å². The average molecular weight is 429 g/mol. The van der Waals surface area contributed by atoms with Gasteiger partial charge < -0.3 is 20.3 Å². The molecule has 8 nitrogen and oxygen atoms in total. The lowest BCUT2D eigenvalue weighted by Gasteiger charge is -2.32. The number of alkyl carbamates (subject to hydrolysis) is 1. The van der Waals surface area contributed by atoms with E-state index in [-0.39, 0.29) is 24.9 Å². The number of likely N-dealkylation sites (N-methyl/N-ethyl adjacent to an activating group) is 1. The van der Waals surface area contributed by atoms with Crippen LogP contribution in [0.15, 0.2) is 30.3 Å². The Morgan fingerprint density at radius 1 is 1.29 bits per heavy atom. The first-order chi connectivity index (χ1) is 14.8. The Bertz CT molecular complexity index is 806. The molecule has 2 unspecified atom stereocenters. The van der Waals surface area contributed by atoms with Gasteiger partial charge in [0.15, 0.2) is 6.10 Å². The van der Waals surface area contributed by atoms with Crippen molar-refractivity contribution in [3.63, 3.8) is 0 Å². The maximum Gasteiger partial charge on any atom is 0.408 e. The predicted octanol–water partition coefficient (Wildman–Crippen LogP) is 2.74. The van der Waals surface area contributed by atoms with Gasteiger partial charge in [0.25, 0.3) is 5.91 Å². The quantitative estimate of drug-likeness (QED) is 0.661. The van der Waals surface area contributed by atoms with E-state index in [9.17, 15) is 19.6 Å². The van der Waals surface area contributed by atoms with E-state index in [1.54, 1.807) is 4.90 Å². The van der Waals surface area contributed by atoms with Crippen molar-refractivity contribution >= 4 is 17.9 Å². The van der Waals surface area contributed by atoms with Crippen LogP contribution in [0, 0.1) is 17.2 Å². The van der Waals surface area contributed by atoms with Crippen molar-refractivity contribution in [3.8, 4) is 6.07 Å². The number of nitrogens with one attached hydrogen (secondary N) is 2. The van der Waals surface area contributed by atoms with Crippen LogP contribution in [-0.2, 0) is 20.9 Å². The molecule has 1 aromatic carbocycles. The highest BCUT2D eigenvalue weighted by Gasteiger charge is 2.39. The zero-order valence-corrected chi connectivity index (χ0v) is 18.5. The van der Waals surface area contributed by atoms with Gasteiger partial charge in [-0.2, -0.15) is 5.26 Å². The van der Waals surface area contributed by atoms with Crippen LogP contribution in [0.3, 0.4) is 0 Å². The van der Waals surface area contributed by atoms with Gasteiger partial charge in [0.05, 0.1) is 12.6 Å². The molecule has 1 aromatic rings. The number of benzene rings is 1. The number of likely N-dealkylation sites (tertiary alicyclic amines) is 1. The fourth-order valence-corrected chi connectivity index (χ4v) is 3.60. The minimum atomic E-state index is -1.20. The lowest BCUT2D eigenvalue weighted by atomic mass is 9.94. The first kappa shape index (κ1) is 24.2. The third kappa shape index (κ3) is 7.28. The Morgan fingerprint density at radius 3 is 2.61 bits per heavy atom. The summed E-state index contributed by atoms with van der Waals surface area (Å²) >= 11 is 0. The van der Waals surface area contributed by atoms with Crippen LogP contribution >= 0.6 is 0 Å². The largest absolute Gasteiger partial charge is 0.436 e. The van der Waals surface area contributed by atoms with Crippen molar-refractivity contribution in [3.05, 3.63) is 35.9 Å². The summed E-state index contributed by atoms with van der Waals surface area (Å²) in [5.74, 6) is -0.446. The fourth-order valence-electron chi connectivity index (χ4n) is 3.60. The summed E-state index contributed by atoms with van der Waals surface area (Å²) < 4.78 is 5.43.